The molecule has 1 aromatic carbocycles. The molecule has 0 aliphatic carbocycles. The minimum atomic E-state index is -0.404. The van der Waals surface area contributed by atoms with Gasteiger partial charge in [-0.2, -0.15) is 10.4 Å². The lowest BCUT2D eigenvalue weighted by Gasteiger charge is -2.09. The third-order valence-electron chi connectivity index (χ3n) is 4.85. The monoisotopic (exact) mass is 429 g/mol. The van der Waals surface area contributed by atoms with Crippen molar-refractivity contribution in [3.8, 4) is 28.6 Å². The number of rotatable bonds is 6. The van der Waals surface area contributed by atoms with E-state index >= 15 is 0 Å². The molecule has 2 amide bonds. The maximum atomic E-state index is 13.8. The second-order valence-electron chi connectivity index (χ2n) is 7.14. The first-order valence-electron chi connectivity index (χ1n) is 10.1. The van der Waals surface area contributed by atoms with Crippen molar-refractivity contribution in [2.75, 3.05) is 11.9 Å². The number of aryl methyl sites for hydroxylation is 1. The standard InChI is InChI=1S/C23H20FN7O/c1-15-13-16(6-7-18(15)24)21-22(31-20(30-21)5-4-11-28-31)17-8-12-26-19(14-17)29-23(32)27-10-3-2-9-25/h4-8,11-14H,2-3,10H2,1H3,(H2,26,27,29,32). The van der Waals surface area contributed by atoms with E-state index in [-0.39, 0.29) is 5.82 Å². The summed E-state index contributed by atoms with van der Waals surface area (Å²) < 4.78 is 15.5. The zero-order valence-electron chi connectivity index (χ0n) is 17.3. The molecule has 4 rings (SSSR count). The van der Waals surface area contributed by atoms with Crippen LogP contribution in [0.4, 0.5) is 15.0 Å². The number of carbonyl (C=O) groups excluding carboxylic acids is 1. The van der Waals surface area contributed by atoms with E-state index in [0.717, 1.165) is 11.1 Å². The summed E-state index contributed by atoms with van der Waals surface area (Å²) in [5.74, 6) is 0.0702. The second kappa shape index (κ2) is 9.22. The zero-order chi connectivity index (χ0) is 22.5. The van der Waals surface area contributed by atoms with Gasteiger partial charge in [-0.25, -0.2) is 23.7 Å². The number of aromatic nitrogens is 4. The fourth-order valence-electron chi connectivity index (χ4n) is 3.32. The number of pyridine rings is 1. The number of amides is 2. The first-order valence-corrected chi connectivity index (χ1v) is 10.1. The fraction of sp³-hybridized carbons (Fsp3) is 0.174. The molecule has 4 aromatic rings. The number of unbranched alkanes of at least 4 members (excludes halogenated alkanes) is 1. The molecule has 0 saturated heterocycles. The number of halogens is 1. The average Bonchev–Trinajstić information content (AvgIpc) is 3.18. The Morgan fingerprint density at radius 2 is 2.06 bits per heavy atom. The van der Waals surface area contributed by atoms with E-state index in [1.807, 2.05) is 12.1 Å². The molecule has 3 heterocycles. The summed E-state index contributed by atoms with van der Waals surface area (Å²) in [5.41, 5.74) is 4.00. The highest BCUT2D eigenvalue weighted by atomic mass is 19.1. The van der Waals surface area contributed by atoms with E-state index in [0.29, 0.717) is 47.8 Å². The van der Waals surface area contributed by atoms with Crippen LogP contribution in [0, 0.1) is 24.1 Å². The number of fused-ring (bicyclic) bond motifs is 1. The highest BCUT2D eigenvalue weighted by Gasteiger charge is 2.18. The maximum Gasteiger partial charge on any atom is 0.320 e. The van der Waals surface area contributed by atoms with Crippen LogP contribution in [-0.4, -0.2) is 32.2 Å². The number of hydrogen-bond donors (Lipinski definition) is 2. The Labute approximate surface area is 183 Å². The SMILES string of the molecule is Cc1cc(-c2nc3cccnn3c2-c2ccnc(NC(=O)NCCCC#N)c2)ccc1F. The van der Waals surface area contributed by atoms with Crippen LogP contribution in [0.15, 0.2) is 54.9 Å². The molecular weight excluding hydrogens is 409 g/mol. The molecule has 0 radical (unpaired) electrons. The number of anilines is 1. The zero-order valence-corrected chi connectivity index (χ0v) is 17.3. The van der Waals surface area contributed by atoms with Crippen LogP contribution in [0.1, 0.15) is 18.4 Å². The molecule has 8 nitrogen and oxygen atoms in total. The minimum Gasteiger partial charge on any atom is -0.338 e. The van der Waals surface area contributed by atoms with Gasteiger partial charge >= 0.3 is 6.03 Å². The number of nitrogens with zero attached hydrogens (tertiary/aromatic N) is 5. The number of nitrogens with one attached hydrogen (secondary N) is 2. The summed E-state index contributed by atoms with van der Waals surface area (Å²) in [6.07, 6.45) is 4.20. The number of urea groups is 1. The van der Waals surface area contributed by atoms with Crippen molar-refractivity contribution in [3.63, 3.8) is 0 Å². The summed E-state index contributed by atoms with van der Waals surface area (Å²) in [7, 11) is 0. The lowest BCUT2D eigenvalue weighted by molar-refractivity contribution is 0.252. The molecule has 0 fully saturated rings. The molecule has 0 aliphatic heterocycles. The molecule has 0 atom stereocenters. The Bertz CT molecular complexity index is 1330. The summed E-state index contributed by atoms with van der Waals surface area (Å²) in [6, 6.07) is 13.6. The lowest BCUT2D eigenvalue weighted by Crippen LogP contribution is -2.29. The van der Waals surface area contributed by atoms with Gasteiger partial charge in [0.15, 0.2) is 5.65 Å². The van der Waals surface area contributed by atoms with E-state index in [4.69, 9.17) is 10.2 Å². The quantitative estimate of drug-likeness (QED) is 0.444. The van der Waals surface area contributed by atoms with Gasteiger partial charge in [-0.15, -0.1) is 0 Å². The number of benzene rings is 1. The second-order valence-corrected chi connectivity index (χ2v) is 7.14. The van der Waals surface area contributed by atoms with Crippen molar-refractivity contribution < 1.29 is 9.18 Å². The summed E-state index contributed by atoms with van der Waals surface area (Å²) >= 11 is 0. The van der Waals surface area contributed by atoms with Gasteiger partial charge in [-0.3, -0.25) is 5.32 Å². The van der Waals surface area contributed by atoms with Gasteiger partial charge in [0.1, 0.15) is 17.3 Å². The number of nitriles is 1. The van der Waals surface area contributed by atoms with Gasteiger partial charge in [0.05, 0.1) is 11.8 Å². The van der Waals surface area contributed by atoms with Crippen molar-refractivity contribution in [1.29, 1.82) is 5.26 Å². The molecule has 3 aromatic heterocycles. The fourth-order valence-corrected chi connectivity index (χ4v) is 3.32. The average molecular weight is 429 g/mol. The van der Waals surface area contributed by atoms with Gasteiger partial charge in [-0.05, 0) is 61.4 Å². The number of imidazole rings is 1. The van der Waals surface area contributed by atoms with Gasteiger partial charge in [0.25, 0.3) is 0 Å². The first kappa shape index (κ1) is 20.9. The van der Waals surface area contributed by atoms with E-state index in [2.05, 4.69) is 20.7 Å². The van der Waals surface area contributed by atoms with Crippen LogP contribution < -0.4 is 10.6 Å². The predicted molar refractivity (Wildman–Crippen MR) is 118 cm³/mol. The lowest BCUT2D eigenvalue weighted by atomic mass is 10.0. The van der Waals surface area contributed by atoms with Crippen molar-refractivity contribution in [3.05, 3.63) is 66.2 Å². The molecule has 0 saturated carbocycles. The molecule has 0 spiro atoms. The molecular formula is C23H20FN7O. The number of carbonyl (C=O) groups is 1. The normalized spacial score (nSPS) is 10.7. The highest BCUT2D eigenvalue weighted by molar-refractivity contribution is 5.89. The largest absolute Gasteiger partial charge is 0.338 e. The Morgan fingerprint density at radius 3 is 2.88 bits per heavy atom. The highest BCUT2D eigenvalue weighted by Crippen LogP contribution is 2.33. The van der Waals surface area contributed by atoms with E-state index in [1.54, 1.807) is 54.2 Å². The van der Waals surface area contributed by atoms with Crippen molar-refractivity contribution in [2.24, 2.45) is 0 Å². The molecule has 9 heteroatoms. The van der Waals surface area contributed by atoms with Gasteiger partial charge in [0, 0.05) is 36.5 Å². The minimum absolute atomic E-state index is 0.284. The van der Waals surface area contributed by atoms with Gasteiger partial charge < -0.3 is 5.32 Å². The molecule has 32 heavy (non-hydrogen) atoms. The van der Waals surface area contributed by atoms with E-state index < -0.39 is 6.03 Å². The molecule has 160 valence electrons. The number of hydrogen-bond acceptors (Lipinski definition) is 5. The molecule has 0 unspecified atom stereocenters. The van der Waals surface area contributed by atoms with Crippen LogP contribution in [0.3, 0.4) is 0 Å². The van der Waals surface area contributed by atoms with Crippen LogP contribution in [0.2, 0.25) is 0 Å². The maximum absolute atomic E-state index is 13.8. The smallest absolute Gasteiger partial charge is 0.320 e. The molecule has 2 N–H and O–H groups in total. The van der Waals surface area contributed by atoms with Gasteiger partial charge in [0.2, 0.25) is 0 Å². The predicted octanol–water partition coefficient (Wildman–Crippen LogP) is 4.33. The van der Waals surface area contributed by atoms with Crippen LogP contribution in [0.5, 0.6) is 0 Å². The van der Waals surface area contributed by atoms with Crippen molar-refractivity contribution in [2.45, 2.75) is 19.8 Å². The Balaban J connectivity index is 1.70. The molecule has 0 aliphatic rings. The van der Waals surface area contributed by atoms with E-state index in [9.17, 15) is 9.18 Å². The third-order valence-corrected chi connectivity index (χ3v) is 4.85. The van der Waals surface area contributed by atoms with Crippen LogP contribution >= 0.6 is 0 Å². The summed E-state index contributed by atoms with van der Waals surface area (Å²) in [5, 5.41) is 18.4. The topological polar surface area (TPSA) is 108 Å². The Hall–Kier alpha value is -4.32. The summed E-state index contributed by atoms with van der Waals surface area (Å²) in [6.45, 7) is 2.10. The first-order chi connectivity index (χ1) is 15.6. The van der Waals surface area contributed by atoms with Crippen LogP contribution in [-0.2, 0) is 0 Å². The third kappa shape index (κ3) is 4.39. The Kier molecular flexibility index (Phi) is 6.03. The van der Waals surface area contributed by atoms with Crippen molar-refractivity contribution in [1.82, 2.24) is 24.9 Å². The van der Waals surface area contributed by atoms with Gasteiger partial charge in [-0.1, -0.05) is 0 Å². The Morgan fingerprint density at radius 1 is 1.19 bits per heavy atom. The molecule has 0 bridgehead atoms. The van der Waals surface area contributed by atoms with E-state index in [1.165, 1.54) is 6.07 Å². The van der Waals surface area contributed by atoms with Crippen LogP contribution in [0.25, 0.3) is 28.2 Å². The van der Waals surface area contributed by atoms with Crippen molar-refractivity contribution >= 4 is 17.5 Å². The summed E-state index contributed by atoms with van der Waals surface area (Å²) in [4.78, 5) is 21.1.